The first kappa shape index (κ1) is 15.4. The van der Waals surface area contributed by atoms with Gasteiger partial charge in [-0.15, -0.1) is 0 Å². The largest absolute Gasteiger partial charge is 0.468 e. The third-order valence-electron chi connectivity index (χ3n) is 3.52. The van der Waals surface area contributed by atoms with E-state index in [1.807, 2.05) is 0 Å². The van der Waals surface area contributed by atoms with Gasteiger partial charge in [0.1, 0.15) is 0 Å². The second-order valence-corrected chi connectivity index (χ2v) is 6.94. The molecule has 2 atom stereocenters. The lowest BCUT2D eigenvalue weighted by Gasteiger charge is -2.33. The number of carbonyl (C=O) groups is 1. The van der Waals surface area contributed by atoms with Crippen molar-refractivity contribution in [3.63, 3.8) is 0 Å². The van der Waals surface area contributed by atoms with E-state index in [2.05, 4.69) is 4.74 Å². The van der Waals surface area contributed by atoms with E-state index in [0.717, 1.165) is 0 Å². The third kappa shape index (κ3) is 3.21. The summed E-state index contributed by atoms with van der Waals surface area (Å²) in [7, 11) is -2.47. The average Bonchev–Trinajstić information content (AvgIpc) is 2.36. The lowest BCUT2D eigenvalue weighted by molar-refractivity contribution is -0.139. The lowest BCUT2D eigenvalue weighted by atomic mass is 9.93. The van der Waals surface area contributed by atoms with Gasteiger partial charge < -0.3 is 9.84 Å². The molecule has 7 heteroatoms. The number of ether oxygens (including phenoxy) is 1. The van der Waals surface area contributed by atoms with Crippen molar-refractivity contribution < 1.29 is 23.1 Å². The molecule has 0 saturated carbocycles. The fourth-order valence-electron chi connectivity index (χ4n) is 2.12. The van der Waals surface area contributed by atoms with Gasteiger partial charge in [-0.05, 0) is 32.6 Å². The highest BCUT2D eigenvalue weighted by atomic mass is 32.2. The van der Waals surface area contributed by atoms with Crippen molar-refractivity contribution in [2.75, 3.05) is 20.2 Å². The van der Waals surface area contributed by atoms with Crippen LogP contribution in [0, 0.1) is 5.92 Å². The van der Waals surface area contributed by atoms with Gasteiger partial charge in [-0.1, -0.05) is 0 Å². The standard InChI is InChI=1S/C11H21NO5S/c1-8(13)10-4-6-12(7-5-10)18(15,16)9(2)11(14)17-3/h8-10,13H,4-7H2,1-3H3. The molecule has 1 aliphatic heterocycles. The smallest absolute Gasteiger partial charge is 0.325 e. The Kier molecular flexibility index (Phi) is 5.12. The maximum Gasteiger partial charge on any atom is 0.325 e. The van der Waals surface area contributed by atoms with Gasteiger partial charge in [0.2, 0.25) is 10.0 Å². The number of hydrogen-bond acceptors (Lipinski definition) is 5. The van der Waals surface area contributed by atoms with Gasteiger partial charge in [-0.2, -0.15) is 0 Å². The monoisotopic (exact) mass is 279 g/mol. The molecule has 0 aromatic rings. The number of nitrogens with zero attached hydrogens (tertiary/aromatic N) is 1. The van der Waals surface area contributed by atoms with Crippen LogP contribution in [-0.2, 0) is 19.6 Å². The van der Waals surface area contributed by atoms with E-state index in [0.29, 0.717) is 25.9 Å². The molecule has 18 heavy (non-hydrogen) atoms. The molecule has 1 rings (SSSR count). The van der Waals surface area contributed by atoms with Crippen LogP contribution in [0.5, 0.6) is 0 Å². The van der Waals surface area contributed by atoms with Crippen molar-refractivity contribution in [1.29, 1.82) is 0 Å². The summed E-state index contributed by atoms with van der Waals surface area (Å²) in [4.78, 5) is 11.3. The summed E-state index contributed by atoms with van der Waals surface area (Å²) in [6.07, 6.45) is 0.808. The number of carbonyl (C=O) groups excluding carboxylic acids is 1. The first-order valence-electron chi connectivity index (χ1n) is 6.05. The summed E-state index contributed by atoms with van der Waals surface area (Å²) in [6.45, 7) is 3.74. The molecule has 0 aliphatic carbocycles. The fraction of sp³-hybridized carbons (Fsp3) is 0.909. The normalized spacial score (nSPS) is 22.4. The van der Waals surface area contributed by atoms with Crippen molar-refractivity contribution in [3.8, 4) is 0 Å². The van der Waals surface area contributed by atoms with Crippen LogP contribution in [0.15, 0.2) is 0 Å². The van der Waals surface area contributed by atoms with E-state index in [1.165, 1.54) is 18.3 Å². The van der Waals surface area contributed by atoms with E-state index < -0.39 is 27.3 Å². The van der Waals surface area contributed by atoms with Crippen LogP contribution in [0.25, 0.3) is 0 Å². The third-order valence-corrected chi connectivity index (χ3v) is 5.69. The topological polar surface area (TPSA) is 83.9 Å². The van der Waals surface area contributed by atoms with Gasteiger partial charge in [-0.3, -0.25) is 4.79 Å². The van der Waals surface area contributed by atoms with Crippen molar-refractivity contribution >= 4 is 16.0 Å². The zero-order valence-electron chi connectivity index (χ0n) is 11.0. The second kappa shape index (κ2) is 5.99. The summed E-state index contributed by atoms with van der Waals surface area (Å²) < 4.78 is 30.0. The summed E-state index contributed by atoms with van der Waals surface area (Å²) >= 11 is 0. The van der Waals surface area contributed by atoms with E-state index in [9.17, 15) is 18.3 Å². The predicted octanol–water partition coefficient (Wildman–Crippen LogP) is -0.0295. The van der Waals surface area contributed by atoms with Crippen LogP contribution < -0.4 is 0 Å². The van der Waals surface area contributed by atoms with Crippen LogP contribution in [-0.4, -0.2) is 55.4 Å². The van der Waals surface area contributed by atoms with Gasteiger partial charge in [0.25, 0.3) is 0 Å². The summed E-state index contributed by atoms with van der Waals surface area (Å²) in [5.74, 6) is -0.613. The number of aliphatic hydroxyl groups is 1. The molecule has 1 heterocycles. The molecule has 2 unspecified atom stereocenters. The van der Waals surface area contributed by atoms with Gasteiger partial charge in [0.05, 0.1) is 13.2 Å². The summed E-state index contributed by atoms with van der Waals surface area (Å²) in [5, 5.41) is 8.28. The molecule has 106 valence electrons. The van der Waals surface area contributed by atoms with Crippen LogP contribution in [0.2, 0.25) is 0 Å². The number of sulfonamides is 1. The summed E-state index contributed by atoms with van der Waals surface area (Å²) in [5.41, 5.74) is 0. The Morgan fingerprint density at radius 3 is 2.22 bits per heavy atom. The minimum absolute atomic E-state index is 0.130. The first-order valence-corrected chi connectivity index (χ1v) is 7.56. The number of hydrogen-bond donors (Lipinski definition) is 1. The molecule has 1 fully saturated rings. The number of aliphatic hydroxyl groups excluding tert-OH is 1. The lowest BCUT2D eigenvalue weighted by Crippen LogP contribution is -2.46. The van der Waals surface area contributed by atoms with E-state index >= 15 is 0 Å². The minimum atomic E-state index is -3.65. The Labute approximate surface area is 108 Å². The van der Waals surface area contributed by atoms with E-state index in [-0.39, 0.29) is 5.92 Å². The predicted molar refractivity (Wildman–Crippen MR) is 66.4 cm³/mol. The minimum Gasteiger partial charge on any atom is -0.468 e. The zero-order valence-corrected chi connectivity index (χ0v) is 11.8. The summed E-state index contributed by atoms with van der Waals surface area (Å²) in [6, 6.07) is 0. The number of rotatable bonds is 4. The highest BCUT2D eigenvalue weighted by Gasteiger charge is 2.37. The van der Waals surface area contributed by atoms with Crippen LogP contribution in [0.4, 0.5) is 0 Å². The van der Waals surface area contributed by atoms with E-state index in [4.69, 9.17) is 0 Å². The van der Waals surface area contributed by atoms with Crippen molar-refractivity contribution in [2.45, 2.75) is 38.0 Å². The average molecular weight is 279 g/mol. The highest BCUT2D eigenvalue weighted by Crippen LogP contribution is 2.24. The molecule has 0 spiro atoms. The Balaban J connectivity index is 2.69. The molecule has 6 nitrogen and oxygen atoms in total. The number of piperidine rings is 1. The van der Waals surface area contributed by atoms with Crippen LogP contribution in [0.3, 0.4) is 0 Å². The molecule has 0 aromatic heterocycles. The Morgan fingerprint density at radius 1 is 1.33 bits per heavy atom. The van der Waals surface area contributed by atoms with E-state index in [1.54, 1.807) is 6.92 Å². The second-order valence-electron chi connectivity index (χ2n) is 4.69. The molecule has 0 aromatic carbocycles. The highest BCUT2D eigenvalue weighted by molar-refractivity contribution is 7.90. The SMILES string of the molecule is COC(=O)C(C)S(=O)(=O)N1CCC(C(C)O)CC1. The zero-order chi connectivity index (χ0) is 13.9. The number of methoxy groups -OCH3 is 1. The Morgan fingerprint density at radius 2 is 1.83 bits per heavy atom. The van der Waals surface area contributed by atoms with Crippen LogP contribution in [0.1, 0.15) is 26.7 Å². The van der Waals surface area contributed by atoms with Gasteiger partial charge in [0.15, 0.2) is 5.25 Å². The van der Waals surface area contributed by atoms with Crippen molar-refractivity contribution in [1.82, 2.24) is 4.31 Å². The first-order chi connectivity index (χ1) is 8.30. The Hall–Kier alpha value is -0.660. The maximum absolute atomic E-state index is 12.1. The quantitative estimate of drug-likeness (QED) is 0.731. The van der Waals surface area contributed by atoms with Crippen molar-refractivity contribution in [3.05, 3.63) is 0 Å². The molecule has 1 saturated heterocycles. The Bertz CT molecular complexity index is 384. The molecule has 1 N–H and O–H groups in total. The van der Waals surface area contributed by atoms with Crippen LogP contribution >= 0.6 is 0 Å². The molecular formula is C11H21NO5S. The molecule has 0 radical (unpaired) electrons. The molecule has 1 aliphatic rings. The molecular weight excluding hydrogens is 258 g/mol. The molecule has 0 amide bonds. The molecule has 0 bridgehead atoms. The fourth-order valence-corrected chi connectivity index (χ4v) is 3.63. The van der Waals surface area contributed by atoms with Gasteiger partial charge in [0, 0.05) is 13.1 Å². The number of esters is 1. The maximum atomic E-state index is 12.1. The van der Waals surface area contributed by atoms with Gasteiger partial charge in [-0.25, -0.2) is 12.7 Å². The van der Waals surface area contributed by atoms with Crippen molar-refractivity contribution in [2.24, 2.45) is 5.92 Å². The van der Waals surface area contributed by atoms with Gasteiger partial charge >= 0.3 is 5.97 Å².